The Bertz CT molecular complexity index is 1050. The van der Waals surface area contributed by atoms with Crippen molar-refractivity contribution < 1.29 is 17.6 Å². The molecular weight excluding hydrogens is 388 g/mol. The largest absolute Gasteiger partial charge is 0.433 e. The number of aromatic nitrogens is 4. The Hall–Kier alpha value is -2.59. The number of fused-ring (bicyclic) bond motifs is 2. The molecule has 1 aliphatic carbocycles. The van der Waals surface area contributed by atoms with E-state index < -0.39 is 17.7 Å². The molecule has 0 spiro atoms. The van der Waals surface area contributed by atoms with Crippen molar-refractivity contribution >= 4 is 11.2 Å². The van der Waals surface area contributed by atoms with E-state index in [0.717, 1.165) is 38.1 Å². The van der Waals surface area contributed by atoms with Gasteiger partial charge in [-0.1, -0.05) is 0 Å². The number of hydrogen-bond donors (Lipinski definition) is 2. The molecule has 2 N–H and O–H groups in total. The van der Waals surface area contributed by atoms with E-state index in [4.69, 9.17) is 0 Å². The highest BCUT2D eigenvalue weighted by Crippen LogP contribution is 2.39. The molecule has 3 unspecified atom stereocenters. The fourth-order valence-corrected chi connectivity index (χ4v) is 4.38. The summed E-state index contributed by atoms with van der Waals surface area (Å²) in [7, 11) is 0. The van der Waals surface area contributed by atoms with Gasteiger partial charge in [-0.05, 0) is 49.4 Å². The van der Waals surface area contributed by atoms with Gasteiger partial charge in [-0.15, -0.1) is 0 Å². The average Bonchev–Trinajstić information content (AvgIpc) is 3.31. The van der Waals surface area contributed by atoms with Gasteiger partial charge in [0.1, 0.15) is 22.7 Å². The van der Waals surface area contributed by atoms with Gasteiger partial charge in [-0.3, -0.25) is 10.9 Å². The van der Waals surface area contributed by atoms with E-state index >= 15 is 0 Å². The lowest BCUT2D eigenvalue weighted by molar-refractivity contribution is -0.141. The zero-order chi connectivity index (χ0) is 20.2. The summed E-state index contributed by atoms with van der Waals surface area (Å²) in [5.41, 5.74) is 6.40. The average molecular weight is 406 g/mol. The van der Waals surface area contributed by atoms with E-state index in [-0.39, 0.29) is 11.7 Å². The summed E-state index contributed by atoms with van der Waals surface area (Å²) in [6, 6.07) is 5.31. The van der Waals surface area contributed by atoms with Crippen molar-refractivity contribution in [3.8, 4) is 11.5 Å². The molecule has 3 atom stereocenters. The maximum absolute atomic E-state index is 13.4. The van der Waals surface area contributed by atoms with Crippen molar-refractivity contribution in [3.05, 3.63) is 42.0 Å². The van der Waals surface area contributed by atoms with Gasteiger partial charge < -0.3 is 4.57 Å². The lowest BCUT2D eigenvalue weighted by atomic mass is 9.82. The Kier molecular flexibility index (Phi) is 4.28. The number of pyridine rings is 2. The van der Waals surface area contributed by atoms with E-state index in [2.05, 4.69) is 25.8 Å². The molecule has 0 aromatic carbocycles. The first-order valence-electron chi connectivity index (χ1n) is 9.46. The van der Waals surface area contributed by atoms with Gasteiger partial charge in [-0.2, -0.15) is 13.2 Å². The molecule has 0 radical (unpaired) electrons. The van der Waals surface area contributed by atoms with Crippen LogP contribution in [0.3, 0.4) is 0 Å². The molecule has 1 saturated carbocycles. The predicted molar refractivity (Wildman–Crippen MR) is 97.0 cm³/mol. The maximum Gasteiger partial charge on any atom is 0.433 e. The minimum Gasteiger partial charge on any atom is -0.304 e. The second kappa shape index (κ2) is 6.74. The highest BCUT2D eigenvalue weighted by Gasteiger charge is 2.37. The third-order valence-corrected chi connectivity index (χ3v) is 5.76. The molecule has 1 aliphatic heterocycles. The molecule has 4 heterocycles. The summed E-state index contributed by atoms with van der Waals surface area (Å²) in [5, 5.41) is 0. The number of alkyl halides is 3. The molecule has 1 saturated heterocycles. The molecule has 3 aromatic rings. The molecule has 5 rings (SSSR count). The van der Waals surface area contributed by atoms with Crippen molar-refractivity contribution in [3.63, 3.8) is 0 Å². The number of hydrogen-bond acceptors (Lipinski definition) is 5. The van der Waals surface area contributed by atoms with Crippen LogP contribution in [-0.2, 0) is 6.18 Å². The Morgan fingerprint density at radius 1 is 1.07 bits per heavy atom. The summed E-state index contributed by atoms with van der Waals surface area (Å²) < 4.78 is 54.9. The first kappa shape index (κ1) is 18.4. The number of imidazole rings is 1. The van der Waals surface area contributed by atoms with Gasteiger partial charge in [0.2, 0.25) is 0 Å². The van der Waals surface area contributed by atoms with Crippen LogP contribution in [0.2, 0.25) is 0 Å². The molecule has 29 heavy (non-hydrogen) atoms. The zero-order valence-corrected chi connectivity index (χ0v) is 15.2. The molecule has 0 bridgehead atoms. The third-order valence-electron chi connectivity index (χ3n) is 5.76. The van der Waals surface area contributed by atoms with Crippen LogP contribution in [-0.4, -0.2) is 32.1 Å². The first-order valence-corrected chi connectivity index (χ1v) is 9.46. The van der Waals surface area contributed by atoms with Crippen LogP contribution in [0.25, 0.3) is 22.7 Å². The Labute approximate surface area is 163 Å². The molecule has 3 aromatic heterocycles. The van der Waals surface area contributed by atoms with E-state index in [9.17, 15) is 17.6 Å². The maximum atomic E-state index is 13.4. The highest BCUT2D eigenvalue weighted by atomic mass is 19.4. The summed E-state index contributed by atoms with van der Waals surface area (Å²) >= 11 is 0. The Morgan fingerprint density at radius 3 is 2.69 bits per heavy atom. The van der Waals surface area contributed by atoms with Crippen LogP contribution >= 0.6 is 0 Å². The van der Waals surface area contributed by atoms with Crippen molar-refractivity contribution in [2.75, 3.05) is 6.54 Å². The summed E-state index contributed by atoms with van der Waals surface area (Å²) in [6.07, 6.45) is -1.03. The number of nitrogens with zero attached hydrogens (tertiary/aromatic N) is 4. The van der Waals surface area contributed by atoms with E-state index in [1.54, 1.807) is 4.57 Å². The van der Waals surface area contributed by atoms with Crippen molar-refractivity contribution in [1.82, 2.24) is 30.4 Å². The van der Waals surface area contributed by atoms with Gasteiger partial charge in [0.15, 0.2) is 11.5 Å². The topological polar surface area (TPSA) is 67.7 Å². The number of halogens is 4. The number of rotatable bonds is 2. The van der Waals surface area contributed by atoms with E-state index in [0.29, 0.717) is 29.0 Å². The van der Waals surface area contributed by atoms with Gasteiger partial charge in [-0.25, -0.2) is 19.3 Å². The normalized spacial score (nSPS) is 24.8. The standard InChI is InChI=1S/C19H18F4N6/c20-11-1-3-14(24-9-11)17-26-15-5-6-16(19(21,22)23)27-18(15)29(17)12-2-4-13-10(7-12)8-25-28-13/h1,3,5-6,9-10,12-13,25,28H,2,4,7-8H2. The molecule has 6 nitrogen and oxygen atoms in total. The molecular formula is C19H18F4N6. The van der Waals surface area contributed by atoms with E-state index in [1.807, 2.05) is 0 Å². The predicted octanol–water partition coefficient (Wildman–Crippen LogP) is 3.47. The summed E-state index contributed by atoms with van der Waals surface area (Å²) in [6.45, 7) is 0.805. The van der Waals surface area contributed by atoms with Crippen LogP contribution in [0.15, 0.2) is 30.5 Å². The van der Waals surface area contributed by atoms with Gasteiger partial charge in [0.05, 0.1) is 6.20 Å². The highest BCUT2D eigenvalue weighted by molar-refractivity contribution is 5.77. The van der Waals surface area contributed by atoms with Crippen LogP contribution in [0.1, 0.15) is 31.0 Å². The van der Waals surface area contributed by atoms with Gasteiger partial charge in [0, 0.05) is 18.6 Å². The molecule has 0 amide bonds. The third kappa shape index (κ3) is 3.25. The van der Waals surface area contributed by atoms with Crippen molar-refractivity contribution in [2.24, 2.45) is 5.92 Å². The Balaban J connectivity index is 1.67. The molecule has 10 heteroatoms. The summed E-state index contributed by atoms with van der Waals surface area (Å²) in [4.78, 5) is 12.5. The number of nitrogens with one attached hydrogen (secondary N) is 2. The van der Waals surface area contributed by atoms with Gasteiger partial charge >= 0.3 is 6.18 Å². The Morgan fingerprint density at radius 2 is 1.93 bits per heavy atom. The fourth-order valence-electron chi connectivity index (χ4n) is 4.38. The van der Waals surface area contributed by atoms with Crippen LogP contribution < -0.4 is 10.9 Å². The second-order valence-corrected chi connectivity index (χ2v) is 7.56. The SMILES string of the molecule is Fc1ccc(-c2nc3ccc(C(F)(F)F)nc3n2C2CCC3NNCC3C2)nc1. The quantitative estimate of drug-likeness (QED) is 0.638. The minimum atomic E-state index is -4.55. The molecule has 2 fully saturated rings. The monoisotopic (exact) mass is 406 g/mol. The first-order chi connectivity index (χ1) is 13.9. The van der Waals surface area contributed by atoms with Crippen molar-refractivity contribution in [2.45, 2.75) is 37.5 Å². The minimum absolute atomic E-state index is 0.0687. The lowest BCUT2D eigenvalue weighted by Gasteiger charge is -2.32. The number of hydrazine groups is 1. The van der Waals surface area contributed by atoms with Crippen molar-refractivity contribution in [1.29, 1.82) is 0 Å². The fraction of sp³-hybridized carbons (Fsp3) is 0.421. The lowest BCUT2D eigenvalue weighted by Crippen LogP contribution is -2.36. The van der Waals surface area contributed by atoms with Crippen LogP contribution in [0, 0.1) is 11.7 Å². The molecule has 152 valence electrons. The zero-order valence-electron chi connectivity index (χ0n) is 15.2. The smallest absolute Gasteiger partial charge is 0.304 e. The summed E-state index contributed by atoms with van der Waals surface area (Å²) in [5.74, 6) is 0.290. The van der Waals surface area contributed by atoms with Crippen LogP contribution in [0.4, 0.5) is 17.6 Å². The van der Waals surface area contributed by atoms with Gasteiger partial charge in [0.25, 0.3) is 0 Å². The van der Waals surface area contributed by atoms with E-state index in [1.165, 1.54) is 18.2 Å². The molecule has 2 aliphatic rings. The second-order valence-electron chi connectivity index (χ2n) is 7.56. The van der Waals surface area contributed by atoms with Crippen LogP contribution in [0.5, 0.6) is 0 Å².